The van der Waals surface area contributed by atoms with Crippen LogP contribution in [0.5, 0.6) is 0 Å². The van der Waals surface area contributed by atoms with E-state index in [1.54, 1.807) is 14.0 Å². The Morgan fingerprint density at radius 2 is 2.00 bits per heavy atom. The summed E-state index contributed by atoms with van der Waals surface area (Å²) in [7, 11) is -2.05. The first-order chi connectivity index (χ1) is 9.92. The number of sulfonamides is 1. The van der Waals surface area contributed by atoms with Crippen molar-refractivity contribution in [1.82, 2.24) is 9.78 Å². The first kappa shape index (κ1) is 15.0. The lowest BCUT2D eigenvalue weighted by Crippen LogP contribution is -2.12. The second-order valence-corrected chi connectivity index (χ2v) is 5.94. The number of aromatic nitrogens is 2. The highest BCUT2D eigenvalue weighted by molar-refractivity contribution is 7.92. The third-order valence-electron chi connectivity index (χ3n) is 2.64. The van der Waals surface area contributed by atoms with Gasteiger partial charge in [0.05, 0.1) is 18.4 Å². The molecule has 1 N–H and O–H groups in total. The molecule has 0 fully saturated rings. The van der Waals surface area contributed by atoms with Crippen LogP contribution in [0.4, 0.5) is 5.69 Å². The quantitative estimate of drug-likeness (QED) is 0.843. The molecule has 7 nitrogen and oxygen atoms in total. The minimum atomic E-state index is -3.69. The molecular weight excluding hydrogens is 294 g/mol. The summed E-state index contributed by atoms with van der Waals surface area (Å²) < 4.78 is 32.8. The summed E-state index contributed by atoms with van der Waals surface area (Å²) in [6, 6.07) is 6.00. The summed E-state index contributed by atoms with van der Waals surface area (Å²) >= 11 is 0. The number of benzene rings is 1. The number of nitrogens with one attached hydrogen (secondary N) is 1. The normalized spacial score (nSPS) is 11.1. The van der Waals surface area contributed by atoms with Gasteiger partial charge in [-0.15, -0.1) is 0 Å². The van der Waals surface area contributed by atoms with E-state index >= 15 is 0 Å². The number of ether oxygens (including phenoxy) is 1. The van der Waals surface area contributed by atoms with E-state index in [4.69, 9.17) is 4.74 Å². The minimum Gasteiger partial charge on any atom is -0.462 e. The van der Waals surface area contributed by atoms with Crippen molar-refractivity contribution in [2.75, 3.05) is 11.3 Å². The van der Waals surface area contributed by atoms with Crippen molar-refractivity contribution >= 4 is 21.7 Å². The molecule has 21 heavy (non-hydrogen) atoms. The van der Waals surface area contributed by atoms with E-state index in [0.717, 1.165) is 0 Å². The molecule has 0 saturated carbocycles. The maximum absolute atomic E-state index is 12.1. The van der Waals surface area contributed by atoms with Crippen LogP contribution >= 0.6 is 0 Å². The SMILES string of the molecule is CCOC(=O)c1ccc(NS(=O)(=O)c2cnn(C)c2)cc1. The first-order valence-corrected chi connectivity index (χ1v) is 7.69. The number of carbonyl (C=O) groups is 1. The fraction of sp³-hybridized carbons (Fsp3) is 0.231. The third kappa shape index (κ3) is 3.60. The lowest BCUT2D eigenvalue weighted by molar-refractivity contribution is 0.0526. The van der Waals surface area contributed by atoms with Crippen LogP contribution in [0, 0.1) is 0 Å². The maximum Gasteiger partial charge on any atom is 0.338 e. The topological polar surface area (TPSA) is 90.3 Å². The number of carbonyl (C=O) groups excluding carboxylic acids is 1. The zero-order valence-electron chi connectivity index (χ0n) is 11.6. The van der Waals surface area contributed by atoms with Gasteiger partial charge in [0.25, 0.3) is 10.0 Å². The van der Waals surface area contributed by atoms with Crippen LogP contribution in [0.25, 0.3) is 0 Å². The Hall–Kier alpha value is -2.35. The smallest absolute Gasteiger partial charge is 0.338 e. The molecule has 0 atom stereocenters. The lowest BCUT2D eigenvalue weighted by atomic mass is 10.2. The standard InChI is InChI=1S/C13H15N3O4S/c1-3-20-13(17)10-4-6-11(7-5-10)15-21(18,19)12-8-14-16(2)9-12/h4-9,15H,3H2,1-2H3. The van der Waals surface area contributed by atoms with Crippen LogP contribution in [0.1, 0.15) is 17.3 Å². The van der Waals surface area contributed by atoms with Gasteiger partial charge in [0.2, 0.25) is 0 Å². The molecule has 0 unspecified atom stereocenters. The highest BCUT2D eigenvalue weighted by atomic mass is 32.2. The molecule has 8 heteroatoms. The molecule has 0 saturated heterocycles. The molecule has 0 aliphatic rings. The van der Waals surface area contributed by atoms with Crippen molar-refractivity contribution in [3.63, 3.8) is 0 Å². The molecule has 2 aromatic rings. The molecule has 1 heterocycles. The number of hydrogen-bond donors (Lipinski definition) is 1. The summed E-state index contributed by atoms with van der Waals surface area (Å²) in [6.07, 6.45) is 2.66. The summed E-state index contributed by atoms with van der Waals surface area (Å²) in [4.78, 5) is 11.6. The Morgan fingerprint density at radius 3 is 2.52 bits per heavy atom. The second-order valence-electron chi connectivity index (χ2n) is 4.25. The number of aryl methyl sites for hydroxylation is 1. The Bertz CT molecular complexity index is 735. The zero-order chi connectivity index (χ0) is 15.5. The molecule has 112 valence electrons. The predicted molar refractivity (Wildman–Crippen MR) is 76.4 cm³/mol. The molecule has 1 aromatic heterocycles. The van der Waals surface area contributed by atoms with E-state index in [1.165, 1.54) is 41.3 Å². The van der Waals surface area contributed by atoms with Crippen molar-refractivity contribution in [2.24, 2.45) is 7.05 Å². The zero-order valence-corrected chi connectivity index (χ0v) is 12.4. The van der Waals surface area contributed by atoms with Crippen LogP contribution < -0.4 is 4.72 Å². The van der Waals surface area contributed by atoms with Gasteiger partial charge in [0, 0.05) is 18.9 Å². The van der Waals surface area contributed by atoms with Gasteiger partial charge in [-0.25, -0.2) is 13.2 Å². The third-order valence-corrected chi connectivity index (χ3v) is 3.98. The van der Waals surface area contributed by atoms with Gasteiger partial charge < -0.3 is 4.74 Å². The van der Waals surface area contributed by atoms with Crippen molar-refractivity contribution in [2.45, 2.75) is 11.8 Å². The van der Waals surface area contributed by atoms with Gasteiger partial charge in [-0.05, 0) is 31.2 Å². The van der Waals surface area contributed by atoms with Crippen LogP contribution in [0.3, 0.4) is 0 Å². The number of nitrogens with zero attached hydrogens (tertiary/aromatic N) is 2. The summed E-state index contributed by atoms with van der Waals surface area (Å²) in [5.74, 6) is -0.445. The molecule has 0 aliphatic carbocycles. The van der Waals surface area contributed by atoms with E-state index in [9.17, 15) is 13.2 Å². The molecule has 2 rings (SSSR count). The van der Waals surface area contributed by atoms with Crippen molar-refractivity contribution in [3.05, 3.63) is 42.2 Å². The van der Waals surface area contributed by atoms with Crippen LogP contribution in [0.2, 0.25) is 0 Å². The number of esters is 1. The molecular formula is C13H15N3O4S. The predicted octanol–water partition coefficient (Wildman–Crippen LogP) is 1.40. The maximum atomic E-state index is 12.1. The molecule has 0 bridgehead atoms. The highest BCUT2D eigenvalue weighted by Crippen LogP contribution is 2.16. The second kappa shape index (κ2) is 5.96. The molecule has 1 aromatic carbocycles. The fourth-order valence-electron chi connectivity index (χ4n) is 1.64. The monoisotopic (exact) mass is 309 g/mol. The number of rotatable bonds is 5. The Balaban J connectivity index is 2.15. The van der Waals surface area contributed by atoms with Gasteiger partial charge in [-0.3, -0.25) is 9.40 Å². The van der Waals surface area contributed by atoms with Gasteiger partial charge in [0.15, 0.2) is 0 Å². The van der Waals surface area contributed by atoms with E-state index < -0.39 is 16.0 Å². The van der Waals surface area contributed by atoms with E-state index in [1.807, 2.05) is 0 Å². The fourth-order valence-corrected chi connectivity index (χ4v) is 2.68. The van der Waals surface area contributed by atoms with Crippen LogP contribution in [-0.2, 0) is 21.8 Å². The molecule has 0 aliphatic heterocycles. The minimum absolute atomic E-state index is 0.0690. The van der Waals surface area contributed by atoms with Gasteiger partial charge in [0.1, 0.15) is 4.90 Å². The van der Waals surface area contributed by atoms with Gasteiger partial charge in [-0.2, -0.15) is 5.10 Å². The molecule has 0 spiro atoms. The highest BCUT2D eigenvalue weighted by Gasteiger charge is 2.16. The number of anilines is 1. The van der Waals surface area contributed by atoms with Crippen molar-refractivity contribution in [1.29, 1.82) is 0 Å². The average Bonchev–Trinajstić information content (AvgIpc) is 2.87. The van der Waals surface area contributed by atoms with E-state index in [-0.39, 0.29) is 11.5 Å². The average molecular weight is 309 g/mol. The van der Waals surface area contributed by atoms with E-state index in [2.05, 4.69) is 9.82 Å². The summed E-state index contributed by atoms with van der Waals surface area (Å²) in [5.41, 5.74) is 0.716. The number of hydrogen-bond acceptors (Lipinski definition) is 5. The Morgan fingerprint density at radius 1 is 1.33 bits per heavy atom. The van der Waals surface area contributed by atoms with E-state index in [0.29, 0.717) is 11.3 Å². The van der Waals surface area contributed by atoms with Gasteiger partial charge in [-0.1, -0.05) is 0 Å². The van der Waals surface area contributed by atoms with Crippen LogP contribution in [-0.4, -0.2) is 30.8 Å². The lowest BCUT2D eigenvalue weighted by Gasteiger charge is -2.07. The summed E-state index contributed by atoms with van der Waals surface area (Å²) in [6.45, 7) is 2.00. The molecule has 0 radical (unpaired) electrons. The van der Waals surface area contributed by atoms with Gasteiger partial charge >= 0.3 is 5.97 Å². The largest absolute Gasteiger partial charge is 0.462 e. The Labute approximate surface area is 122 Å². The summed E-state index contributed by atoms with van der Waals surface area (Å²) in [5, 5.41) is 3.82. The van der Waals surface area contributed by atoms with Crippen molar-refractivity contribution in [3.8, 4) is 0 Å². The van der Waals surface area contributed by atoms with Crippen LogP contribution in [0.15, 0.2) is 41.6 Å². The Kier molecular flexibility index (Phi) is 4.27. The van der Waals surface area contributed by atoms with Crippen molar-refractivity contribution < 1.29 is 17.9 Å². The molecule has 0 amide bonds. The first-order valence-electron chi connectivity index (χ1n) is 6.21.